The fourth-order valence-corrected chi connectivity index (χ4v) is 1.80. The van der Waals surface area contributed by atoms with Crippen LogP contribution in [0.25, 0.3) is 0 Å². The number of hydrogen-bond donors (Lipinski definition) is 3. The highest BCUT2D eigenvalue weighted by Gasteiger charge is 2.45. The summed E-state index contributed by atoms with van der Waals surface area (Å²) in [6.45, 7) is 5.16. The van der Waals surface area contributed by atoms with E-state index in [1.165, 1.54) is 26.2 Å². The highest BCUT2D eigenvalue weighted by Crippen LogP contribution is 2.32. The number of rotatable bonds is 0. The van der Waals surface area contributed by atoms with Gasteiger partial charge in [-0.2, -0.15) is 0 Å². The lowest BCUT2D eigenvalue weighted by molar-refractivity contribution is -0.159. The molecule has 2 aliphatic rings. The lowest BCUT2D eigenvalue weighted by atomic mass is 9.75. The molecule has 14 heavy (non-hydrogen) atoms. The second-order valence-electron chi connectivity index (χ2n) is 3.89. The van der Waals surface area contributed by atoms with Crippen molar-refractivity contribution in [3.63, 3.8) is 0 Å². The average molecular weight is 202 g/mol. The molecular weight excluding hydrogens is 188 g/mol. The van der Waals surface area contributed by atoms with Crippen LogP contribution in [0.2, 0.25) is 0 Å². The summed E-state index contributed by atoms with van der Waals surface area (Å²) in [5.41, 5.74) is 0.731. The van der Waals surface area contributed by atoms with Crippen LogP contribution >= 0.6 is 0 Å². The fraction of sp³-hybridized carbons (Fsp3) is 0.750. The Bertz CT molecular complexity index is 230. The average Bonchev–Trinajstić information content (AvgIpc) is 1.96. The third-order valence-electron chi connectivity index (χ3n) is 2.39. The van der Waals surface area contributed by atoms with E-state index < -0.39 is 11.9 Å². The molecule has 0 aromatic carbocycles. The molecule has 80 valence electrons. The second kappa shape index (κ2) is 3.93. The molecule has 0 aromatic heterocycles. The first kappa shape index (κ1) is 10.9. The Morgan fingerprint density at radius 3 is 1.71 bits per heavy atom. The minimum absolute atomic E-state index is 0.731. The quantitative estimate of drug-likeness (QED) is 0.422. The van der Waals surface area contributed by atoms with E-state index in [0.29, 0.717) is 0 Å². The molecule has 2 fully saturated rings. The van der Waals surface area contributed by atoms with Crippen molar-refractivity contribution >= 4 is 11.9 Å². The molecule has 2 saturated heterocycles. The van der Waals surface area contributed by atoms with Crippen LogP contribution in [-0.2, 0) is 9.59 Å². The van der Waals surface area contributed by atoms with Crippen LogP contribution < -0.4 is 5.32 Å². The molecule has 6 heteroatoms. The van der Waals surface area contributed by atoms with Crippen LogP contribution in [0, 0.1) is 5.41 Å². The Morgan fingerprint density at radius 1 is 1.21 bits per heavy atom. The van der Waals surface area contributed by atoms with E-state index in [1.54, 1.807) is 0 Å². The fourth-order valence-electron chi connectivity index (χ4n) is 1.80. The number of carboxylic acids is 2. The van der Waals surface area contributed by atoms with Gasteiger partial charge in [0.15, 0.2) is 0 Å². The summed E-state index contributed by atoms with van der Waals surface area (Å²) in [5.74, 6) is -3.65. The Hall–Kier alpha value is -1.14. The maximum atomic E-state index is 9.10. The largest absolute Gasteiger partial charge is 0.473 e. The van der Waals surface area contributed by atoms with Crippen LogP contribution in [0.3, 0.4) is 0 Å². The van der Waals surface area contributed by atoms with Crippen molar-refractivity contribution in [2.75, 3.05) is 33.2 Å². The second-order valence-corrected chi connectivity index (χ2v) is 3.89. The molecule has 0 radical (unpaired) electrons. The van der Waals surface area contributed by atoms with E-state index in [2.05, 4.69) is 17.3 Å². The number of nitrogens with zero attached hydrogens (tertiary/aromatic N) is 1. The Labute approximate surface area is 81.5 Å². The molecule has 0 aromatic rings. The van der Waals surface area contributed by atoms with Gasteiger partial charge in [0.2, 0.25) is 0 Å². The summed E-state index contributed by atoms with van der Waals surface area (Å²) in [7, 11) is 2.18. The number of nitrogens with one attached hydrogen (secondary N) is 1. The van der Waals surface area contributed by atoms with Crippen LogP contribution in [0.5, 0.6) is 0 Å². The summed E-state index contributed by atoms with van der Waals surface area (Å²) in [5, 5.41) is 18.1. The molecular formula is C8H14N2O4. The first-order valence-electron chi connectivity index (χ1n) is 4.31. The maximum absolute atomic E-state index is 9.10. The zero-order valence-corrected chi connectivity index (χ0v) is 7.99. The third-order valence-corrected chi connectivity index (χ3v) is 2.39. The van der Waals surface area contributed by atoms with Crippen molar-refractivity contribution in [1.82, 2.24) is 10.2 Å². The van der Waals surface area contributed by atoms with Gasteiger partial charge < -0.3 is 20.4 Å². The molecule has 0 atom stereocenters. The smallest absolute Gasteiger partial charge is 0.414 e. The number of carbonyl (C=O) groups is 2. The van der Waals surface area contributed by atoms with Crippen molar-refractivity contribution in [2.45, 2.75) is 0 Å². The predicted octanol–water partition coefficient (Wildman–Crippen LogP) is -1.32. The minimum Gasteiger partial charge on any atom is -0.473 e. The van der Waals surface area contributed by atoms with Crippen LogP contribution in [-0.4, -0.2) is 60.3 Å². The van der Waals surface area contributed by atoms with Gasteiger partial charge in [-0.05, 0) is 7.05 Å². The molecule has 6 nitrogen and oxygen atoms in total. The summed E-state index contributed by atoms with van der Waals surface area (Å²) < 4.78 is 0. The number of aliphatic carboxylic acids is 2. The van der Waals surface area contributed by atoms with Crippen LogP contribution in [0.1, 0.15) is 0 Å². The standard InChI is InChI=1S/C6H12N2.C2H2O4/c1-8-4-6(5-8)2-7-3-6;3-1(4)2(5)6/h7H,2-5H2,1H3;(H,3,4)(H,5,6). The topological polar surface area (TPSA) is 89.9 Å². The molecule has 0 amide bonds. The minimum atomic E-state index is -1.82. The molecule has 2 aliphatic heterocycles. The maximum Gasteiger partial charge on any atom is 0.414 e. The van der Waals surface area contributed by atoms with Gasteiger partial charge in [-0.15, -0.1) is 0 Å². The third kappa shape index (κ3) is 2.43. The molecule has 0 unspecified atom stereocenters. The van der Waals surface area contributed by atoms with Crippen molar-refractivity contribution < 1.29 is 19.8 Å². The molecule has 3 N–H and O–H groups in total. The number of hydrogen-bond acceptors (Lipinski definition) is 4. The summed E-state index contributed by atoms with van der Waals surface area (Å²) in [6, 6.07) is 0. The van der Waals surface area contributed by atoms with E-state index in [4.69, 9.17) is 19.8 Å². The molecule has 0 saturated carbocycles. The first-order valence-corrected chi connectivity index (χ1v) is 4.31. The predicted molar refractivity (Wildman–Crippen MR) is 48.1 cm³/mol. The number of carboxylic acid groups (broad SMARTS) is 2. The van der Waals surface area contributed by atoms with Gasteiger partial charge in [0, 0.05) is 31.6 Å². The Kier molecular flexibility index (Phi) is 3.07. The van der Waals surface area contributed by atoms with Crippen molar-refractivity contribution in [3.05, 3.63) is 0 Å². The van der Waals surface area contributed by atoms with Crippen LogP contribution in [0.4, 0.5) is 0 Å². The molecule has 1 spiro atoms. The molecule has 2 heterocycles. The summed E-state index contributed by atoms with van der Waals surface area (Å²) in [4.78, 5) is 20.6. The normalized spacial score (nSPS) is 22.6. The van der Waals surface area contributed by atoms with Gasteiger partial charge >= 0.3 is 11.9 Å². The Morgan fingerprint density at radius 2 is 1.64 bits per heavy atom. The zero-order chi connectivity index (χ0) is 10.8. The first-order chi connectivity index (χ1) is 6.45. The summed E-state index contributed by atoms with van der Waals surface area (Å²) in [6.07, 6.45) is 0. The van der Waals surface area contributed by atoms with E-state index in [-0.39, 0.29) is 0 Å². The van der Waals surface area contributed by atoms with Crippen LogP contribution in [0.15, 0.2) is 0 Å². The van der Waals surface area contributed by atoms with Gasteiger partial charge in [-0.3, -0.25) is 0 Å². The lowest BCUT2D eigenvalue weighted by Crippen LogP contribution is -2.69. The molecule has 2 rings (SSSR count). The van der Waals surface area contributed by atoms with Crippen molar-refractivity contribution in [2.24, 2.45) is 5.41 Å². The molecule has 0 aliphatic carbocycles. The highest BCUT2D eigenvalue weighted by atomic mass is 16.4. The van der Waals surface area contributed by atoms with E-state index >= 15 is 0 Å². The van der Waals surface area contributed by atoms with Gasteiger partial charge in [0.05, 0.1) is 0 Å². The SMILES string of the molecule is CN1CC2(CNC2)C1.O=C(O)C(=O)O. The van der Waals surface area contributed by atoms with Gasteiger partial charge in [0.1, 0.15) is 0 Å². The monoisotopic (exact) mass is 202 g/mol. The van der Waals surface area contributed by atoms with Gasteiger partial charge in [-0.1, -0.05) is 0 Å². The van der Waals surface area contributed by atoms with Crippen molar-refractivity contribution in [1.29, 1.82) is 0 Å². The zero-order valence-electron chi connectivity index (χ0n) is 7.99. The molecule has 0 bridgehead atoms. The highest BCUT2D eigenvalue weighted by molar-refractivity contribution is 6.27. The summed E-state index contributed by atoms with van der Waals surface area (Å²) >= 11 is 0. The lowest BCUT2D eigenvalue weighted by Gasteiger charge is -2.55. The Balaban J connectivity index is 0.000000149. The van der Waals surface area contributed by atoms with Gasteiger partial charge in [0.25, 0.3) is 0 Å². The van der Waals surface area contributed by atoms with Crippen molar-refractivity contribution in [3.8, 4) is 0 Å². The van der Waals surface area contributed by atoms with E-state index in [0.717, 1.165) is 5.41 Å². The van der Waals surface area contributed by atoms with Gasteiger partial charge in [-0.25, -0.2) is 9.59 Å². The number of likely N-dealkylation sites (tertiary alicyclic amines) is 1. The van der Waals surface area contributed by atoms with E-state index in [9.17, 15) is 0 Å². The van der Waals surface area contributed by atoms with E-state index in [1.807, 2.05) is 0 Å².